The van der Waals surface area contributed by atoms with E-state index in [1.807, 2.05) is 0 Å². The van der Waals surface area contributed by atoms with Crippen molar-refractivity contribution < 1.29 is 19.7 Å². The summed E-state index contributed by atoms with van der Waals surface area (Å²) in [6.07, 6.45) is 2.09. The Morgan fingerprint density at radius 2 is 2.28 bits per heavy atom. The van der Waals surface area contributed by atoms with Gasteiger partial charge in [0.25, 0.3) is 0 Å². The fraction of sp³-hybridized carbons (Fsp3) is 0.455. The van der Waals surface area contributed by atoms with Gasteiger partial charge >= 0.3 is 5.97 Å². The summed E-state index contributed by atoms with van der Waals surface area (Å²) < 4.78 is 5.08. The lowest BCUT2D eigenvalue weighted by atomic mass is 10.2. The zero-order chi connectivity index (χ0) is 13.4. The zero-order valence-corrected chi connectivity index (χ0v) is 10.5. The van der Waals surface area contributed by atoms with Crippen LogP contribution in [0.5, 0.6) is 0 Å². The molecule has 1 rings (SSSR count). The molecule has 0 radical (unpaired) electrons. The van der Waals surface area contributed by atoms with E-state index in [1.54, 1.807) is 0 Å². The maximum absolute atomic E-state index is 10.8. The largest absolute Gasteiger partial charge is 0.478 e. The number of hydrogen-bond donors (Lipinski definition) is 3. The number of anilines is 1. The first-order valence-corrected chi connectivity index (χ1v) is 5.85. The minimum Gasteiger partial charge on any atom is -0.478 e. The lowest BCUT2D eigenvalue weighted by molar-refractivity contribution is 0.0697. The molecule has 1 heterocycles. The number of carbonyl (C=O) groups is 1. The van der Waals surface area contributed by atoms with Crippen molar-refractivity contribution in [1.29, 1.82) is 0 Å². The van der Waals surface area contributed by atoms with Crippen molar-refractivity contribution in [2.24, 2.45) is 0 Å². The Bertz CT molecular complexity index is 401. The molecule has 0 fully saturated rings. The molecule has 0 atom stereocenters. The molecule has 0 aliphatic rings. The molecular weight excluding hydrogens is 260 g/mol. The Morgan fingerprint density at radius 1 is 1.50 bits per heavy atom. The monoisotopic (exact) mass is 274 g/mol. The summed E-state index contributed by atoms with van der Waals surface area (Å²) in [5.41, 5.74) is 0.0192. The van der Waals surface area contributed by atoms with E-state index in [0.29, 0.717) is 32.0 Å². The Morgan fingerprint density at radius 3 is 2.94 bits per heavy atom. The summed E-state index contributed by atoms with van der Waals surface area (Å²) >= 11 is 5.90. The van der Waals surface area contributed by atoms with Crippen LogP contribution in [0.4, 0.5) is 5.82 Å². The summed E-state index contributed by atoms with van der Waals surface area (Å²) in [5, 5.41) is 20.4. The number of aromatic carboxylic acids is 1. The maximum atomic E-state index is 10.8. The van der Waals surface area contributed by atoms with Gasteiger partial charge in [-0.2, -0.15) is 0 Å². The first-order chi connectivity index (χ1) is 8.66. The lowest BCUT2D eigenvalue weighted by Gasteiger charge is -2.08. The number of aliphatic hydroxyl groups is 1. The molecule has 0 aliphatic carbocycles. The molecular formula is C11H15ClN2O4. The zero-order valence-electron chi connectivity index (χ0n) is 9.73. The van der Waals surface area contributed by atoms with E-state index in [9.17, 15) is 4.79 Å². The van der Waals surface area contributed by atoms with Gasteiger partial charge in [0.1, 0.15) is 5.82 Å². The van der Waals surface area contributed by atoms with E-state index < -0.39 is 5.97 Å². The second-order valence-electron chi connectivity index (χ2n) is 3.44. The summed E-state index contributed by atoms with van der Waals surface area (Å²) in [4.78, 5) is 14.8. The molecule has 0 aromatic carbocycles. The third-order valence-corrected chi connectivity index (χ3v) is 2.50. The molecule has 0 aliphatic heterocycles. The Balaban J connectivity index is 2.43. The number of aliphatic hydroxyl groups excluding tert-OH is 1. The van der Waals surface area contributed by atoms with Gasteiger partial charge in [-0.1, -0.05) is 11.6 Å². The summed E-state index contributed by atoms with van der Waals surface area (Å²) in [5.74, 6) is -0.740. The predicted octanol–water partition coefficient (Wildman–Crippen LogP) is 1.24. The molecule has 3 N–H and O–H groups in total. The second kappa shape index (κ2) is 7.86. The number of rotatable bonds is 8. The molecule has 1 aromatic heterocycles. The maximum Gasteiger partial charge on any atom is 0.337 e. The average Bonchev–Trinajstić information content (AvgIpc) is 2.35. The number of aromatic nitrogens is 1. The number of halogens is 1. The normalized spacial score (nSPS) is 10.3. The van der Waals surface area contributed by atoms with Crippen LogP contribution in [0, 0.1) is 0 Å². The lowest BCUT2D eigenvalue weighted by Crippen LogP contribution is -2.10. The number of nitrogens with one attached hydrogen (secondary N) is 1. The topological polar surface area (TPSA) is 91.7 Å². The van der Waals surface area contributed by atoms with Crippen molar-refractivity contribution in [2.75, 3.05) is 31.7 Å². The summed E-state index contributed by atoms with van der Waals surface area (Å²) in [6, 6.07) is 1.35. The van der Waals surface area contributed by atoms with Crippen LogP contribution in [-0.2, 0) is 4.74 Å². The van der Waals surface area contributed by atoms with E-state index in [-0.39, 0.29) is 17.2 Å². The first-order valence-electron chi connectivity index (χ1n) is 5.47. The van der Waals surface area contributed by atoms with Crippen LogP contribution in [0.1, 0.15) is 16.8 Å². The first kappa shape index (κ1) is 14.7. The molecule has 6 nitrogen and oxygen atoms in total. The van der Waals surface area contributed by atoms with Crippen LogP contribution >= 0.6 is 11.6 Å². The minimum atomic E-state index is -1.09. The molecule has 0 unspecified atom stereocenters. The number of ether oxygens (including phenoxy) is 1. The van der Waals surface area contributed by atoms with Gasteiger partial charge in [-0.3, -0.25) is 0 Å². The van der Waals surface area contributed by atoms with E-state index in [2.05, 4.69) is 10.3 Å². The fourth-order valence-electron chi connectivity index (χ4n) is 1.28. The van der Waals surface area contributed by atoms with Gasteiger partial charge in [0.15, 0.2) is 0 Å². The van der Waals surface area contributed by atoms with Crippen molar-refractivity contribution in [1.82, 2.24) is 4.98 Å². The highest BCUT2D eigenvalue weighted by molar-refractivity contribution is 6.35. The molecule has 0 spiro atoms. The van der Waals surface area contributed by atoms with Crippen LogP contribution in [0.15, 0.2) is 12.3 Å². The van der Waals surface area contributed by atoms with E-state index in [1.165, 1.54) is 12.3 Å². The number of pyridine rings is 1. The predicted molar refractivity (Wildman–Crippen MR) is 67.2 cm³/mol. The van der Waals surface area contributed by atoms with Crippen molar-refractivity contribution >= 4 is 23.4 Å². The Kier molecular flexibility index (Phi) is 6.42. The van der Waals surface area contributed by atoms with Gasteiger partial charge in [0.05, 0.1) is 23.8 Å². The molecule has 7 heteroatoms. The van der Waals surface area contributed by atoms with Gasteiger partial charge in [-0.05, 0) is 12.5 Å². The van der Waals surface area contributed by atoms with Gasteiger partial charge in [-0.25, -0.2) is 9.78 Å². The van der Waals surface area contributed by atoms with Crippen molar-refractivity contribution in [3.63, 3.8) is 0 Å². The van der Waals surface area contributed by atoms with Gasteiger partial charge in [0, 0.05) is 19.3 Å². The van der Waals surface area contributed by atoms with Crippen LogP contribution in [0.25, 0.3) is 0 Å². The smallest absolute Gasteiger partial charge is 0.337 e. The summed E-state index contributed by atoms with van der Waals surface area (Å²) in [6.45, 7) is 1.37. The van der Waals surface area contributed by atoms with Gasteiger partial charge in [-0.15, -0.1) is 0 Å². The number of carboxylic acid groups (broad SMARTS) is 1. The number of carboxylic acids is 1. The minimum absolute atomic E-state index is 0.00146. The highest BCUT2D eigenvalue weighted by atomic mass is 35.5. The van der Waals surface area contributed by atoms with E-state index in [0.717, 1.165) is 0 Å². The van der Waals surface area contributed by atoms with Crippen LogP contribution in [0.3, 0.4) is 0 Å². The molecule has 1 aromatic rings. The highest BCUT2D eigenvalue weighted by Gasteiger charge is 2.12. The molecule has 0 saturated heterocycles. The van der Waals surface area contributed by atoms with E-state index >= 15 is 0 Å². The van der Waals surface area contributed by atoms with Gasteiger partial charge in [0.2, 0.25) is 0 Å². The summed E-state index contributed by atoms with van der Waals surface area (Å²) in [7, 11) is 0. The third kappa shape index (κ3) is 4.48. The average molecular weight is 275 g/mol. The van der Waals surface area contributed by atoms with Crippen LogP contribution in [-0.4, -0.2) is 47.5 Å². The highest BCUT2D eigenvalue weighted by Crippen LogP contribution is 2.23. The van der Waals surface area contributed by atoms with Crippen LogP contribution in [0.2, 0.25) is 5.02 Å². The molecule has 0 amide bonds. The van der Waals surface area contributed by atoms with Crippen LogP contribution < -0.4 is 5.32 Å². The molecule has 0 bridgehead atoms. The molecule has 0 saturated carbocycles. The second-order valence-corrected chi connectivity index (χ2v) is 3.82. The standard InChI is InChI=1S/C11H15ClN2O4/c12-9-8(11(16)17)2-4-14-10(9)13-3-1-6-18-7-5-15/h2,4,15H,1,3,5-7H2,(H,13,14)(H,16,17). The van der Waals surface area contributed by atoms with Gasteiger partial charge < -0.3 is 20.3 Å². The Hall–Kier alpha value is -1.37. The molecule has 100 valence electrons. The van der Waals surface area contributed by atoms with Crippen molar-refractivity contribution in [3.05, 3.63) is 22.8 Å². The quantitative estimate of drug-likeness (QED) is 0.618. The fourth-order valence-corrected chi connectivity index (χ4v) is 1.54. The number of hydrogen-bond acceptors (Lipinski definition) is 5. The van der Waals surface area contributed by atoms with Crippen molar-refractivity contribution in [3.8, 4) is 0 Å². The Labute approximate surface area is 110 Å². The SMILES string of the molecule is O=C(O)c1ccnc(NCCCOCCO)c1Cl. The van der Waals surface area contributed by atoms with E-state index in [4.69, 9.17) is 26.6 Å². The number of nitrogens with zero attached hydrogens (tertiary/aromatic N) is 1. The van der Waals surface area contributed by atoms with Crippen molar-refractivity contribution in [2.45, 2.75) is 6.42 Å². The molecule has 18 heavy (non-hydrogen) atoms. The third-order valence-electron chi connectivity index (χ3n) is 2.11.